The van der Waals surface area contributed by atoms with Gasteiger partial charge in [-0.05, 0) is 18.9 Å². The minimum atomic E-state index is 1.02. The lowest BCUT2D eigenvalue weighted by Gasteiger charge is -1.99. The number of allylic oxidation sites excluding steroid dienone is 9. The minimum absolute atomic E-state index is 1.02. The van der Waals surface area contributed by atoms with Crippen LogP contribution in [0, 0.1) is 0 Å². The van der Waals surface area contributed by atoms with Gasteiger partial charge in [-0.25, -0.2) is 0 Å². The molecule has 0 aromatic carbocycles. The smallest absolute Gasteiger partial charge is 0.0791 e. The molecule has 0 unspecified atom stereocenters. The van der Waals surface area contributed by atoms with Gasteiger partial charge in [-0.2, -0.15) is 0 Å². The van der Waals surface area contributed by atoms with Gasteiger partial charge in [0.2, 0.25) is 0 Å². The molecule has 0 aromatic rings. The van der Waals surface area contributed by atoms with Crippen molar-refractivity contribution in [2.45, 2.75) is 64.7 Å². The molecule has 0 aliphatic carbocycles. The minimum Gasteiger partial charge on any atom is -0.516 e. The summed E-state index contributed by atoms with van der Waals surface area (Å²) in [5, 5.41) is 8.41. The highest BCUT2D eigenvalue weighted by molar-refractivity contribution is 5.17. The third kappa shape index (κ3) is 18.5. The van der Waals surface area contributed by atoms with E-state index in [0.717, 1.165) is 6.26 Å². The molecule has 0 aromatic heterocycles. The Balaban J connectivity index is 3.36. The van der Waals surface area contributed by atoms with Gasteiger partial charge in [-0.3, -0.25) is 0 Å². The molecule has 21 heavy (non-hydrogen) atoms. The quantitative estimate of drug-likeness (QED) is 0.224. The molecule has 0 saturated heterocycles. The normalized spacial score (nSPS) is 13.0. The van der Waals surface area contributed by atoms with Crippen molar-refractivity contribution in [3.63, 3.8) is 0 Å². The molecule has 1 nitrogen and oxygen atoms in total. The van der Waals surface area contributed by atoms with E-state index < -0.39 is 0 Å². The van der Waals surface area contributed by atoms with Gasteiger partial charge in [0.05, 0.1) is 6.26 Å². The number of rotatable bonds is 13. The zero-order chi connectivity index (χ0) is 15.4. The van der Waals surface area contributed by atoms with Crippen molar-refractivity contribution in [2.24, 2.45) is 0 Å². The summed E-state index contributed by atoms with van der Waals surface area (Å²) in [5.41, 5.74) is 0. The molecule has 0 aliphatic heterocycles. The molecule has 0 spiro atoms. The Hall–Kier alpha value is -1.50. The van der Waals surface area contributed by atoms with Gasteiger partial charge >= 0.3 is 0 Å². The van der Waals surface area contributed by atoms with Crippen molar-refractivity contribution < 1.29 is 5.11 Å². The first-order valence-corrected chi connectivity index (χ1v) is 8.37. The predicted molar refractivity (Wildman–Crippen MR) is 95.6 cm³/mol. The van der Waals surface area contributed by atoms with Gasteiger partial charge in [0.1, 0.15) is 0 Å². The van der Waals surface area contributed by atoms with Gasteiger partial charge < -0.3 is 5.11 Å². The van der Waals surface area contributed by atoms with Crippen LogP contribution < -0.4 is 0 Å². The summed E-state index contributed by atoms with van der Waals surface area (Å²) in [6, 6.07) is 0. The van der Waals surface area contributed by atoms with E-state index in [1.807, 2.05) is 24.3 Å². The summed E-state index contributed by atoms with van der Waals surface area (Å²) in [6.45, 7) is 2.27. The van der Waals surface area contributed by atoms with E-state index in [4.69, 9.17) is 5.11 Å². The molecule has 0 bridgehead atoms. The van der Waals surface area contributed by atoms with E-state index in [9.17, 15) is 0 Å². The average Bonchev–Trinajstić information content (AvgIpc) is 2.50. The summed E-state index contributed by atoms with van der Waals surface area (Å²) in [6.07, 6.45) is 30.8. The van der Waals surface area contributed by atoms with E-state index in [2.05, 4.69) is 25.2 Å². The molecule has 0 atom stereocenters. The molecular weight excluding hydrogens is 256 g/mol. The lowest BCUT2D eigenvalue weighted by atomic mass is 10.1. The Morgan fingerprint density at radius 1 is 0.571 bits per heavy atom. The van der Waals surface area contributed by atoms with Crippen LogP contribution in [-0.2, 0) is 0 Å². The van der Waals surface area contributed by atoms with Crippen LogP contribution in [0.4, 0.5) is 0 Å². The second-order valence-electron chi connectivity index (χ2n) is 5.19. The summed E-state index contributed by atoms with van der Waals surface area (Å²) < 4.78 is 0. The van der Waals surface area contributed by atoms with Crippen LogP contribution in [0.3, 0.4) is 0 Å². The number of hydrogen-bond acceptors (Lipinski definition) is 1. The number of hydrogen-bond donors (Lipinski definition) is 1. The fourth-order valence-corrected chi connectivity index (χ4v) is 2.01. The van der Waals surface area contributed by atoms with Crippen LogP contribution in [0.1, 0.15) is 64.7 Å². The van der Waals surface area contributed by atoms with Gasteiger partial charge in [0.25, 0.3) is 0 Å². The van der Waals surface area contributed by atoms with Gasteiger partial charge in [-0.1, -0.05) is 100 Å². The maximum Gasteiger partial charge on any atom is 0.0791 e. The summed E-state index contributed by atoms with van der Waals surface area (Å²) in [4.78, 5) is 0. The second-order valence-corrected chi connectivity index (χ2v) is 5.19. The SMILES string of the molecule is CCCCCCCCCC/C=C/C=C/C=C/C=C/C=C/O. The van der Waals surface area contributed by atoms with Crippen LogP contribution in [0.15, 0.2) is 60.9 Å². The third-order valence-electron chi connectivity index (χ3n) is 3.22. The standard InChI is InChI=1S/C20H32O/c1-2-3-4-5-6-7-8-9-10-11-12-13-14-15-16-17-18-19-20-21/h11-21H,2-10H2,1H3/b12-11+,14-13+,16-15+,18-17+,20-19+. The zero-order valence-corrected chi connectivity index (χ0v) is 13.6. The lowest BCUT2D eigenvalue weighted by molar-refractivity contribution is 0.474. The monoisotopic (exact) mass is 288 g/mol. The molecule has 1 heteroatoms. The first-order chi connectivity index (χ1) is 10.4. The molecule has 0 heterocycles. The predicted octanol–water partition coefficient (Wildman–Crippen LogP) is 6.81. The fourth-order valence-electron chi connectivity index (χ4n) is 2.01. The second kappa shape index (κ2) is 18.5. The molecular formula is C20H32O. The molecule has 0 fully saturated rings. The molecule has 1 N–H and O–H groups in total. The van der Waals surface area contributed by atoms with E-state index in [1.165, 1.54) is 57.8 Å². The maximum absolute atomic E-state index is 8.41. The molecule has 0 amide bonds. The van der Waals surface area contributed by atoms with Crippen LogP contribution in [0.25, 0.3) is 0 Å². The molecule has 0 saturated carbocycles. The van der Waals surface area contributed by atoms with Crippen LogP contribution in [0.5, 0.6) is 0 Å². The Labute approximate surface area is 131 Å². The summed E-state index contributed by atoms with van der Waals surface area (Å²) in [7, 11) is 0. The van der Waals surface area contributed by atoms with E-state index >= 15 is 0 Å². The highest BCUT2D eigenvalue weighted by atomic mass is 16.2. The van der Waals surface area contributed by atoms with Crippen LogP contribution >= 0.6 is 0 Å². The Morgan fingerprint density at radius 2 is 1.05 bits per heavy atom. The largest absolute Gasteiger partial charge is 0.516 e. The average molecular weight is 288 g/mol. The molecule has 0 radical (unpaired) electrons. The van der Waals surface area contributed by atoms with E-state index in [-0.39, 0.29) is 0 Å². The van der Waals surface area contributed by atoms with Gasteiger partial charge in [-0.15, -0.1) is 0 Å². The Bertz CT molecular complexity index is 332. The number of aliphatic hydroxyl groups is 1. The van der Waals surface area contributed by atoms with Crippen molar-refractivity contribution in [3.8, 4) is 0 Å². The van der Waals surface area contributed by atoms with E-state index in [1.54, 1.807) is 12.2 Å². The highest BCUT2D eigenvalue weighted by Gasteiger charge is 1.89. The number of unbranched alkanes of at least 4 members (excludes halogenated alkanes) is 8. The summed E-state index contributed by atoms with van der Waals surface area (Å²) in [5.74, 6) is 0. The lowest BCUT2D eigenvalue weighted by Crippen LogP contribution is -1.79. The third-order valence-corrected chi connectivity index (χ3v) is 3.22. The molecule has 0 aliphatic rings. The van der Waals surface area contributed by atoms with Gasteiger partial charge in [0, 0.05) is 0 Å². The Morgan fingerprint density at radius 3 is 1.62 bits per heavy atom. The first-order valence-electron chi connectivity index (χ1n) is 8.37. The van der Waals surface area contributed by atoms with Crippen LogP contribution in [0.2, 0.25) is 0 Å². The maximum atomic E-state index is 8.41. The van der Waals surface area contributed by atoms with Gasteiger partial charge in [0.15, 0.2) is 0 Å². The zero-order valence-electron chi connectivity index (χ0n) is 13.6. The van der Waals surface area contributed by atoms with Crippen molar-refractivity contribution in [3.05, 3.63) is 60.9 Å². The molecule has 0 rings (SSSR count). The van der Waals surface area contributed by atoms with Crippen molar-refractivity contribution >= 4 is 0 Å². The van der Waals surface area contributed by atoms with Crippen molar-refractivity contribution in [1.29, 1.82) is 0 Å². The highest BCUT2D eigenvalue weighted by Crippen LogP contribution is 2.09. The number of aliphatic hydroxyl groups excluding tert-OH is 1. The first kappa shape index (κ1) is 19.5. The fraction of sp³-hybridized carbons (Fsp3) is 0.500. The van der Waals surface area contributed by atoms with Crippen LogP contribution in [-0.4, -0.2) is 5.11 Å². The van der Waals surface area contributed by atoms with E-state index in [0.29, 0.717) is 0 Å². The Kier molecular flexibility index (Phi) is 17.2. The topological polar surface area (TPSA) is 20.2 Å². The molecule has 118 valence electrons. The van der Waals surface area contributed by atoms with Crippen molar-refractivity contribution in [2.75, 3.05) is 0 Å². The summed E-state index contributed by atoms with van der Waals surface area (Å²) >= 11 is 0. The van der Waals surface area contributed by atoms with Crippen molar-refractivity contribution in [1.82, 2.24) is 0 Å².